The summed E-state index contributed by atoms with van der Waals surface area (Å²) in [5.74, 6) is 0.481. The van der Waals surface area contributed by atoms with Crippen molar-refractivity contribution in [3.05, 3.63) is 106 Å². The van der Waals surface area contributed by atoms with Gasteiger partial charge in [0.1, 0.15) is 6.61 Å². The Kier molecular flexibility index (Phi) is 5.14. The van der Waals surface area contributed by atoms with Crippen LogP contribution in [0.25, 0.3) is 5.57 Å². The van der Waals surface area contributed by atoms with Gasteiger partial charge in [0.15, 0.2) is 5.43 Å². The third kappa shape index (κ3) is 4.27. The normalized spacial score (nSPS) is 10.4. The van der Waals surface area contributed by atoms with E-state index in [0.717, 1.165) is 16.8 Å². The zero-order valence-corrected chi connectivity index (χ0v) is 14.3. The standard InChI is InChI=1S/C22H21NO2/c1-16(2)21-20(24)14-19(13-17-9-5-3-6-10-17)23-22(21)25-15-18-11-7-4-8-12-18/h3-12,14H,1,13,15H2,2H3,(H,23,24). The number of benzene rings is 2. The van der Waals surface area contributed by atoms with E-state index in [2.05, 4.69) is 11.6 Å². The fraction of sp³-hybridized carbons (Fsp3) is 0.136. The molecule has 1 aromatic heterocycles. The fourth-order valence-corrected chi connectivity index (χ4v) is 2.74. The van der Waals surface area contributed by atoms with E-state index < -0.39 is 0 Å². The summed E-state index contributed by atoms with van der Waals surface area (Å²) in [6.07, 6.45) is 0.647. The summed E-state index contributed by atoms with van der Waals surface area (Å²) in [4.78, 5) is 15.8. The molecule has 3 nitrogen and oxygen atoms in total. The van der Waals surface area contributed by atoms with Gasteiger partial charge in [-0.25, -0.2) is 0 Å². The second kappa shape index (κ2) is 7.67. The van der Waals surface area contributed by atoms with Gasteiger partial charge < -0.3 is 9.72 Å². The molecule has 0 aliphatic carbocycles. The van der Waals surface area contributed by atoms with E-state index in [1.54, 1.807) is 6.07 Å². The van der Waals surface area contributed by atoms with Crippen molar-refractivity contribution >= 4 is 5.57 Å². The number of aromatic nitrogens is 1. The highest BCUT2D eigenvalue weighted by molar-refractivity contribution is 5.65. The third-order valence-electron chi connectivity index (χ3n) is 3.94. The van der Waals surface area contributed by atoms with Gasteiger partial charge >= 0.3 is 0 Å². The maximum atomic E-state index is 12.5. The minimum atomic E-state index is -0.0692. The lowest BCUT2D eigenvalue weighted by atomic mass is 10.1. The highest BCUT2D eigenvalue weighted by Gasteiger charge is 2.12. The Morgan fingerprint density at radius 3 is 2.20 bits per heavy atom. The van der Waals surface area contributed by atoms with E-state index >= 15 is 0 Å². The Bertz CT molecular complexity index is 912. The van der Waals surface area contributed by atoms with Crippen LogP contribution in [0.5, 0.6) is 5.88 Å². The lowest BCUT2D eigenvalue weighted by molar-refractivity contribution is 0.292. The smallest absolute Gasteiger partial charge is 0.203 e. The second-order valence-corrected chi connectivity index (χ2v) is 6.08. The predicted molar refractivity (Wildman–Crippen MR) is 102 cm³/mol. The molecular weight excluding hydrogens is 310 g/mol. The van der Waals surface area contributed by atoms with Crippen molar-refractivity contribution in [1.82, 2.24) is 4.98 Å². The van der Waals surface area contributed by atoms with Crippen LogP contribution in [-0.2, 0) is 13.0 Å². The molecule has 0 radical (unpaired) electrons. The largest absolute Gasteiger partial charge is 0.474 e. The molecule has 0 saturated heterocycles. The number of hydrogen-bond acceptors (Lipinski definition) is 2. The molecule has 2 aromatic carbocycles. The molecule has 0 fully saturated rings. The molecule has 0 atom stereocenters. The molecule has 126 valence electrons. The highest BCUT2D eigenvalue weighted by atomic mass is 16.5. The average Bonchev–Trinajstić information content (AvgIpc) is 2.61. The molecule has 0 spiro atoms. The molecule has 0 bridgehead atoms. The maximum absolute atomic E-state index is 12.5. The van der Waals surface area contributed by atoms with Crippen LogP contribution in [0.4, 0.5) is 0 Å². The van der Waals surface area contributed by atoms with Gasteiger partial charge in [0, 0.05) is 18.2 Å². The number of rotatable bonds is 6. The van der Waals surface area contributed by atoms with Gasteiger partial charge in [-0.2, -0.15) is 0 Å². The lowest BCUT2D eigenvalue weighted by Gasteiger charge is -2.13. The zero-order chi connectivity index (χ0) is 17.6. The van der Waals surface area contributed by atoms with Crippen molar-refractivity contribution in [2.45, 2.75) is 20.0 Å². The van der Waals surface area contributed by atoms with Crippen LogP contribution >= 0.6 is 0 Å². The van der Waals surface area contributed by atoms with E-state index in [1.807, 2.05) is 67.6 Å². The fourth-order valence-electron chi connectivity index (χ4n) is 2.74. The van der Waals surface area contributed by atoms with Gasteiger partial charge in [-0.15, -0.1) is 0 Å². The number of hydrogen-bond donors (Lipinski definition) is 1. The van der Waals surface area contributed by atoms with Crippen molar-refractivity contribution in [1.29, 1.82) is 0 Å². The first-order chi connectivity index (χ1) is 12.1. The first-order valence-electron chi connectivity index (χ1n) is 8.26. The number of pyridine rings is 1. The molecule has 0 aliphatic heterocycles. The molecule has 1 N–H and O–H groups in total. The summed E-state index contributed by atoms with van der Waals surface area (Å²) in [5.41, 5.74) is 4.13. The van der Waals surface area contributed by atoms with Crippen LogP contribution in [0.1, 0.15) is 29.3 Å². The van der Waals surface area contributed by atoms with Crippen LogP contribution in [0.3, 0.4) is 0 Å². The third-order valence-corrected chi connectivity index (χ3v) is 3.94. The van der Waals surface area contributed by atoms with E-state index in [-0.39, 0.29) is 5.43 Å². The Morgan fingerprint density at radius 2 is 1.60 bits per heavy atom. The number of ether oxygens (including phenoxy) is 1. The van der Waals surface area contributed by atoms with Gasteiger partial charge in [-0.1, -0.05) is 67.2 Å². The SMILES string of the molecule is C=C(C)c1c(OCc2ccccc2)[nH]c(Cc2ccccc2)cc1=O. The van der Waals surface area contributed by atoms with Gasteiger partial charge in [0.05, 0.1) is 5.56 Å². The van der Waals surface area contributed by atoms with Crippen molar-refractivity contribution in [3.63, 3.8) is 0 Å². The maximum Gasteiger partial charge on any atom is 0.203 e. The van der Waals surface area contributed by atoms with Gasteiger partial charge in [0.2, 0.25) is 5.88 Å². The molecule has 0 amide bonds. The van der Waals surface area contributed by atoms with E-state index in [0.29, 0.717) is 30.0 Å². The van der Waals surface area contributed by atoms with Crippen LogP contribution in [-0.4, -0.2) is 4.98 Å². The summed E-state index contributed by atoms with van der Waals surface area (Å²) in [7, 11) is 0. The molecule has 0 aliphatic rings. The van der Waals surface area contributed by atoms with Crippen LogP contribution < -0.4 is 10.2 Å². The molecule has 3 aromatic rings. The average molecular weight is 331 g/mol. The number of nitrogens with one attached hydrogen (secondary N) is 1. The first-order valence-corrected chi connectivity index (χ1v) is 8.26. The first kappa shape index (κ1) is 16.8. The summed E-state index contributed by atoms with van der Waals surface area (Å²) in [6, 6.07) is 21.5. The Balaban J connectivity index is 1.90. The molecule has 3 heteroatoms. The Morgan fingerprint density at radius 1 is 1.00 bits per heavy atom. The van der Waals surface area contributed by atoms with Crippen molar-refractivity contribution < 1.29 is 4.74 Å². The summed E-state index contributed by atoms with van der Waals surface area (Å²) in [5, 5.41) is 0. The second-order valence-electron chi connectivity index (χ2n) is 6.08. The quantitative estimate of drug-likeness (QED) is 0.718. The highest BCUT2D eigenvalue weighted by Crippen LogP contribution is 2.21. The number of allylic oxidation sites excluding steroid dienone is 1. The van der Waals surface area contributed by atoms with Gasteiger partial charge in [0.25, 0.3) is 0 Å². The van der Waals surface area contributed by atoms with Gasteiger partial charge in [-0.3, -0.25) is 4.79 Å². The summed E-state index contributed by atoms with van der Waals surface area (Å²) < 4.78 is 5.93. The molecule has 3 rings (SSSR count). The topological polar surface area (TPSA) is 42.1 Å². The monoisotopic (exact) mass is 331 g/mol. The molecule has 1 heterocycles. The molecular formula is C22H21NO2. The Labute approximate surface area is 147 Å². The van der Waals surface area contributed by atoms with Crippen molar-refractivity contribution in [3.8, 4) is 5.88 Å². The number of aromatic amines is 1. The van der Waals surface area contributed by atoms with E-state index in [9.17, 15) is 4.79 Å². The lowest BCUT2D eigenvalue weighted by Crippen LogP contribution is -2.13. The number of H-pyrrole nitrogens is 1. The summed E-state index contributed by atoms with van der Waals surface area (Å²) in [6.45, 7) is 6.13. The molecule has 0 unspecified atom stereocenters. The minimum absolute atomic E-state index is 0.0692. The van der Waals surface area contributed by atoms with Crippen molar-refractivity contribution in [2.75, 3.05) is 0 Å². The molecule has 0 saturated carbocycles. The van der Waals surface area contributed by atoms with Gasteiger partial charge in [-0.05, 0) is 23.6 Å². The van der Waals surface area contributed by atoms with E-state index in [1.165, 1.54) is 0 Å². The van der Waals surface area contributed by atoms with Crippen LogP contribution in [0, 0.1) is 0 Å². The van der Waals surface area contributed by atoms with Crippen LogP contribution in [0.2, 0.25) is 0 Å². The summed E-state index contributed by atoms with van der Waals surface area (Å²) >= 11 is 0. The van der Waals surface area contributed by atoms with E-state index in [4.69, 9.17) is 4.74 Å². The minimum Gasteiger partial charge on any atom is -0.474 e. The van der Waals surface area contributed by atoms with Crippen molar-refractivity contribution in [2.24, 2.45) is 0 Å². The zero-order valence-electron chi connectivity index (χ0n) is 14.3. The predicted octanol–water partition coefficient (Wildman–Crippen LogP) is 4.58. The Hall–Kier alpha value is -3.07. The molecule has 25 heavy (non-hydrogen) atoms. The van der Waals surface area contributed by atoms with Crippen LogP contribution in [0.15, 0.2) is 78.1 Å².